The molecule has 0 radical (unpaired) electrons. The number of carbonyl (C=O) groups excluding carboxylic acids is 1. The van der Waals surface area contributed by atoms with Crippen molar-refractivity contribution in [3.63, 3.8) is 0 Å². The zero-order chi connectivity index (χ0) is 24.4. The van der Waals surface area contributed by atoms with Gasteiger partial charge in [0.15, 0.2) is 0 Å². The number of anilines is 2. The Bertz CT molecular complexity index is 1440. The Labute approximate surface area is 207 Å². The summed E-state index contributed by atoms with van der Waals surface area (Å²) in [4.78, 5) is 12.7. The summed E-state index contributed by atoms with van der Waals surface area (Å²) < 4.78 is 40.6. The van der Waals surface area contributed by atoms with Gasteiger partial charge >= 0.3 is 0 Å². The van der Waals surface area contributed by atoms with Crippen molar-refractivity contribution < 1.29 is 17.6 Å². The van der Waals surface area contributed by atoms with E-state index in [9.17, 15) is 17.6 Å². The Kier molecular flexibility index (Phi) is 6.32. The van der Waals surface area contributed by atoms with E-state index >= 15 is 0 Å². The Morgan fingerprint density at radius 3 is 1.91 bits per heavy atom. The predicted octanol–water partition coefficient (Wildman–Crippen LogP) is 6.07. The molecule has 0 saturated heterocycles. The van der Waals surface area contributed by atoms with Crippen molar-refractivity contribution in [2.24, 2.45) is 0 Å². The highest BCUT2D eigenvalue weighted by molar-refractivity contribution is 8.00. The Balaban J connectivity index is 1.22. The number of amides is 1. The second kappa shape index (κ2) is 9.56. The summed E-state index contributed by atoms with van der Waals surface area (Å²) in [5.74, 6) is -0.371. The Hall–Kier alpha value is -3.62. The number of fused-ring (bicyclic) bond motifs is 3. The van der Waals surface area contributed by atoms with Gasteiger partial charge in [0.05, 0.1) is 15.9 Å². The van der Waals surface area contributed by atoms with Gasteiger partial charge in [0.2, 0.25) is 5.91 Å². The number of rotatable bonds is 7. The summed E-state index contributed by atoms with van der Waals surface area (Å²) in [7, 11) is -3.84. The number of nitrogens with one attached hydrogen (secondary N) is 2. The minimum Gasteiger partial charge on any atom is -0.325 e. The van der Waals surface area contributed by atoms with Crippen molar-refractivity contribution in [3.05, 3.63) is 114 Å². The highest BCUT2D eigenvalue weighted by atomic mass is 32.2. The van der Waals surface area contributed by atoms with E-state index in [1.54, 1.807) is 23.9 Å². The lowest BCUT2D eigenvalue weighted by Crippen LogP contribution is -2.16. The van der Waals surface area contributed by atoms with Crippen molar-refractivity contribution in [2.75, 3.05) is 15.8 Å². The SMILES string of the molecule is O=C(CSC1c2ccccc2-c2ccccc21)Nc1ccc(S(=O)(=O)Nc2ccc(F)cc2)cc1. The first-order valence-corrected chi connectivity index (χ1v) is 13.4. The summed E-state index contributed by atoms with van der Waals surface area (Å²) in [6.07, 6.45) is 0. The topological polar surface area (TPSA) is 75.3 Å². The second-order valence-corrected chi connectivity index (χ2v) is 10.8. The van der Waals surface area contributed by atoms with Gasteiger partial charge in [0, 0.05) is 11.4 Å². The first kappa shape index (κ1) is 23.1. The number of halogens is 1. The quantitative estimate of drug-likeness (QED) is 0.320. The van der Waals surface area contributed by atoms with E-state index in [2.05, 4.69) is 34.3 Å². The van der Waals surface area contributed by atoms with E-state index in [4.69, 9.17) is 0 Å². The monoisotopic (exact) mass is 504 g/mol. The molecule has 8 heteroatoms. The highest BCUT2D eigenvalue weighted by Crippen LogP contribution is 2.49. The molecule has 35 heavy (non-hydrogen) atoms. The molecule has 2 N–H and O–H groups in total. The molecule has 1 amide bonds. The minimum absolute atomic E-state index is 0.0355. The van der Waals surface area contributed by atoms with Gasteiger partial charge in [0.25, 0.3) is 10.0 Å². The van der Waals surface area contributed by atoms with Crippen molar-refractivity contribution in [1.29, 1.82) is 0 Å². The van der Waals surface area contributed by atoms with E-state index in [1.807, 2.05) is 24.3 Å². The lowest BCUT2D eigenvalue weighted by Gasteiger charge is -2.13. The van der Waals surface area contributed by atoms with Gasteiger partial charge in [-0.05, 0) is 70.8 Å². The van der Waals surface area contributed by atoms with Crippen LogP contribution in [0.2, 0.25) is 0 Å². The van der Waals surface area contributed by atoms with Crippen LogP contribution in [-0.2, 0) is 14.8 Å². The molecule has 0 atom stereocenters. The maximum atomic E-state index is 13.1. The average Bonchev–Trinajstić information content (AvgIpc) is 3.18. The molecule has 0 spiro atoms. The van der Waals surface area contributed by atoms with Crippen LogP contribution in [0.4, 0.5) is 15.8 Å². The van der Waals surface area contributed by atoms with Gasteiger partial charge in [-0.1, -0.05) is 48.5 Å². The van der Waals surface area contributed by atoms with Crippen LogP contribution < -0.4 is 10.0 Å². The maximum absolute atomic E-state index is 13.1. The van der Waals surface area contributed by atoms with Gasteiger partial charge in [-0.3, -0.25) is 9.52 Å². The molecule has 176 valence electrons. The lowest BCUT2D eigenvalue weighted by molar-refractivity contribution is -0.113. The van der Waals surface area contributed by atoms with E-state index in [1.165, 1.54) is 58.7 Å². The fourth-order valence-electron chi connectivity index (χ4n) is 4.09. The van der Waals surface area contributed by atoms with Crippen LogP contribution in [0.15, 0.2) is 102 Å². The zero-order valence-corrected chi connectivity index (χ0v) is 20.1. The van der Waals surface area contributed by atoms with Crippen LogP contribution in [0.25, 0.3) is 11.1 Å². The second-order valence-electron chi connectivity index (χ2n) is 8.05. The molecule has 0 saturated carbocycles. The van der Waals surface area contributed by atoms with Gasteiger partial charge in [-0.25, -0.2) is 12.8 Å². The van der Waals surface area contributed by atoms with E-state index in [-0.39, 0.29) is 27.5 Å². The molecular weight excluding hydrogens is 483 g/mol. The van der Waals surface area contributed by atoms with Crippen LogP contribution in [0.3, 0.4) is 0 Å². The van der Waals surface area contributed by atoms with Crippen LogP contribution in [-0.4, -0.2) is 20.1 Å². The molecule has 0 bridgehead atoms. The molecular formula is C27H21FN2O3S2. The van der Waals surface area contributed by atoms with Crippen molar-refractivity contribution >= 4 is 39.1 Å². The van der Waals surface area contributed by atoms with Crippen LogP contribution in [0.1, 0.15) is 16.4 Å². The number of hydrogen-bond donors (Lipinski definition) is 2. The van der Waals surface area contributed by atoms with Crippen molar-refractivity contribution in [2.45, 2.75) is 10.1 Å². The molecule has 0 aliphatic heterocycles. The molecule has 1 aliphatic rings. The maximum Gasteiger partial charge on any atom is 0.261 e. The summed E-state index contributed by atoms with van der Waals surface area (Å²) >= 11 is 1.56. The van der Waals surface area contributed by atoms with E-state index in [0.29, 0.717) is 5.69 Å². The standard InChI is InChI=1S/C27H21FN2O3S2/c28-18-9-11-20(12-10-18)30-35(32,33)21-15-13-19(14-16-21)29-26(31)17-34-27-24-7-3-1-5-22(24)23-6-2-4-8-25(23)27/h1-16,27,30H,17H2,(H,29,31). The number of benzene rings is 4. The Morgan fingerprint density at radius 1 is 0.771 bits per heavy atom. The molecule has 1 aliphatic carbocycles. The molecule has 0 fully saturated rings. The molecule has 5 nitrogen and oxygen atoms in total. The van der Waals surface area contributed by atoms with Gasteiger partial charge in [-0.15, -0.1) is 11.8 Å². The van der Waals surface area contributed by atoms with E-state index < -0.39 is 15.8 Å². The Morgan fingerprint density at radius 2 is 1.31 bits per heavy atom. The molecule has 4 aromatic rings. The third-order valence-corrected chi connectivity index (χ3v) is 8.37. The van der Waals surface area contributed by atoms with Crippen LogP contribution in [0, 0.1) is 5.82 Å². The molecule has 4 aromatic carbocycles. The molecule has 0 heterocycles. The lowest BCUT2D eigenvalue weighted by atomic mass is 10.1. The summed E-state index contributed by atoms with van der Waals surface area (Å²) in [5, 5.41) is 2.91. The zero-order valence-electron chi connectivity index (χ0n) is 18.4. The van der Waals surface area contributed by atoms with E-state index in [0.717, 1.165) is 0 Å². The largest absolute Gasteiger partial charge is 0.325 e. The average molecular weight is 505 g/mol. The fraction of sp³-hybridized carbons (Fsp3) is 0.0741. The fourth-order valence-corrected chi connectivity index (χ4v) is 6.31. The first-order chi connectivity index (χ1) is 16.9. The number of carbonyl (C=O) groups is 1. The number of hydrogen-bond acceptors (Lipinski definition) is 4. The highest BCUT2D eigenvalue weighted by Gasteiger charge is 2.28. The molecule has 5 rings (SSSR count). The number of sulfonamides is 1. The van der Waals surface area contributed by atoms with Gasteiger partial charge in [0.1, 0.15) is 5.82 Å². The normalized spacial score (nSPS) is 12.6. The summed E-state index contributed by atoms with van der Waals surface area (Å²) in [5.41, 5.74) is 5.57. The molecule has 0 aromatic heterocycles. The minimum atomic E-state index is -3.84. The number of thioether (sulfide) groups is 1. The summed E-state index contributed by atoms with van der Waals surface area (Å²) in [6.45, 7) is 0. The van der Waals surface area contributed by atoms with Crippen LogP contribution in [0.5, 0.6) is 0 Å². The third-order valence-electron chi connectivity index (χ3n) is 5.70. The third kappa shape index (κ3) is 4.94. The summed E-state index contributed by atoms with van der Waals surface area (Å²) in [6, 6.07) is 27.5. The van der Waals surface area contributed by atoms with Crippen molar-refractivity contribution in [3.8, 4) is 11.1 Å². The van der Waals surface area contributed by atoms with Crippen molar-refractivity contribution in [1.82, 2.24) is 0 Å². The first-order valence-electron chi connectivity index (χ1n) is 10.9. The van der Waals surface area contributed by atoms with Gasteiger partial charge < -0.3 is 5.32 Å². The van der Waals surface area contributed by atoms with Crippen LogP contribution >= 0.6 is 11.8 Å². The predicted molar refractivity (Wildman–Crippen MR) is 138 cm³/mol. The van der Waals surface area contributed by atoms with Gasteiger partial charge in [-0.2, -0.15) is 0 Å². The molecule has 0 unspecified atom stereocenters. The smallest absolute Gasteiger partial charge is 0.261 e.